The molecule has 0 amide bonds. The van der Waals surface area contributed by atoms with Crippen molar-refractivity contribution in [3.63, 3.8) is 0 Å². The van der Waals surface area contributed by atoms with Gasteiger partial charge in [0.05, 0.1) is 0 Å². The third kappa shape index (κ3) is 3.16. The molecule has 0 aromatic heterocycles. The molecule has 1 saturated carbocycles. The zero-order valence-electron chi connectivity index (χ0n) is 9.58. The molecule has 15 heavy (non-hydrogen) atoms. The molecule has 1 heterocycles. The molecule has 0 aromatic rings. The van der Waals surface area contributed by atoms with Crippen molar-refractivity contribution in [1.29, 1.82) is 0 Å². The Morgan fingerprint density at radius 1 is 1.07 bits per heavy atom. The number of nitrogens with two attached hydrogens (primary N) is 1. The van der Waals surface area contributed by atoms with Crippen LogP contribution in [0.5, 0.6) is 0 Å². The van der Waals surface area contributed by atoms with Gasteiger partial charge in [-0.15, -0.1) is 0 Å². The second kappa shape index (κ2) is 5.83. The van der Waals surface area contributed by atoms with Gasteiger partial charge >= 0.3 is 0 Å². The maximum absolute atomic E-state index is 5.83. The molecular weight excluding hydrogens is 188 g/mol. The van der Waals surface area contributed by atoms with Crippen molar-refractivity contribution < 1.29 is 4.74 Å². The summed E-state index contributed by atoms with van der Waals surface area (Å²) in [5.41, 5.74) is 5.83. The van der Waals surface area contributed by atoms with Crippen molar-refractivity contribution in [2.75, 3.05) is 19.8 Å². The maximum Gasteiger partial charge on any atom is 0.0480 e. The Bertz CT molecular complexity index is 180. The number of rotatable bonds is 3. The molecule has 3 N–H and O–H groups in total. The van der Waals surface area contributed by atoms with Crippen LogP contribution in [0.2, 0.25) is 0 Å². The third-order valence-electron chi connectivity index (χ3n) is 3.88. The van der Waals surface area contributed by atoms with Crippen molar-refractivity contribution >= 4 is 0 Å². The highest BCUT2D eigenvalue weighted by Gasteiger charge is 2.26. The summed E-state index contributed by atoms with van der Waals surface area (Å²) >= 11 is 0. The van der Waals surface area contributed by atoms with E-state index in [1.807, 2.05) is 0 Å². The van der Waals surface area contributed by atoms with Gasteiger partial charge in [-0.3, -0.25) is 0 Å². The van der Waals surface area contributed by atoms with Gasteiger partial charge < -0.3 is 15.8 Å². The Morgan fingerprint density at radius 3 is 2.53 bits per heavy atom. The van der Waals surface area contributed by atoms with Crippen LogP contribution in [0.15, 0.2) is 0 Å². The van der Waals surface area contributed by atoms with Crippen molar-refractivity contribution in [2.45, 2.75) is 50.6 Å². The lowest BCUT2D eigenvalue weighted by Gasteiger charge is -2.35. The van der Waals surface area contributed by atoms with Crippen LogP contribution in [-0.2, 0) is 4.74 Å². The predicted molar refractivity (Wildman–Crippen MR) is 61.8 cm³/mol. The zero-order chi connectivity index (χ0) is 10.5. The number of hydrogen-bond donors (Lipinski definition) is 2. The van der Waals surface area contributed by atoms with E-state index in [9.17, 15) is 0 Å². The summed E-state index contributed by atoms with van der Waals surface area (Å²) in [6.07, 6.45) is 7.73. The molecule has 2 rings (SSSR count). The second-order valence-corrected chi connectivity index (χ2v) is 4.94. The minimum atomic E-state index is 0.673. The average Bonchev–Trinajstić information content (AvgIpc) is 2.31. The summed E-state index contributed by atoms with van der Waals surface area (Å²) in [7, 11) is 0. The SMILES string of the molecule is NCC1CCCCC1NC1CCOCC1. The largest absolute Gasteiger partial charge is 0.381 e. The molecule has 0 spiro atoms. The van der Waals surface area contributed by atoms with Crippen LogP contribution in [0.4, 0.5) is 0 Å². The van der Waals surface area contributed by atoms with E-state index in [1.54, 1.807) is 0 Å². The smallest absolute Gasteiger partial charge is 0.0480 e. The third-order valence-corrected chi connectivity index (χ3v) is 3.88. The van der Waals surface area contributed by atoms with Crippen molar-refractivity contribution in [1.82, 2.24) is 5.32 Å². The van der Waals surface area contributed by atoms with Gasteiger partial charge in [-0.1, -0.05) is 12.8 Å². The minimum absolute atomic E-state index is 0.673. The van der Waals surface area contributed by atoms with E-state index in [-0.39, 0.29) is 0 Å². The highest BCUT2D eigenvalue weighted by molar-refractivity contribution is 4.85. The Hall–Kier alpha value is -0.120. The standard InChI is InChI=1S/C12H24N2O/c13-9-10-3-1-2-4-12(10)14-11-5-7-15-8-6-11/h10-12,14H,1-9,13H2. The van der Waals surface area contributed by atoms with Gasteiger partial charge in [0.1, 0.15) is 0 Å². The molecule has 2 atom stereocenters. The van der Waals surface area contributed by atoms with E-state index in [0.29, 0.717) is 18.0 Å². The lowest BCUT2D eigenvalue weighted by molar-refractivity contribution is 0.0697. The summed E-state index contributed by atoms with van der Waals surface area (Å²) < 4.78 is 5.38. The van der Waals surface area contributed by atoms with E-state index >= 15 is 0 Å². The summed E-state index contributed by atoms with van der Waals surface area (Å²) in [4.78, 5) is 0. The zero-order valence-corrected chi connectivity index (χ0v) is 9.58. The molecule has 0 bridgehead atoms. The van der Waals surface area contributed by atoms with Crippen LogP contribution in [0.1, 0.15) is 38.5 Å². The van der Waals surface area contributed by atoms with E-state index in [1.165, 1.54) is 38.5 Å². The van der Waals surface area contributed by atoms with Gasteiger partial charge in [-0.2, -0.15) is 0 Å². The Balaban J connectivity index is 1.79. The molecule has 1 aliphatic carbocycles. The first-order valence-corrected chi connectivity index (χ1v) is 6.44. The summed E-state index contributed by atoms with van der Waals surface area (Å²) in [6, 6.07) is 1.35. The fourth-order valence-electron chi connectivity index (χ4n) is 2.88. The van der Waals surface area contributed by atoms with Gasteiger partial charge in [0.2, 0.25) is 0 Å². The van der Waals surface area contributed by atoms with E-state index in [0.717, 1.165) is 19.8 Å². The van der Waals surface area contributed by atoms with Crippen molar-refractivity contribution in [2.24, 2.45) is 11.7 Å². The molecule has 88 valence electrons. The van der Waals surface area contributed by atoms with Crippen molar-refractivity contribution in [3.05, 3.63) is 0 Å². The summed E-state index contributed by atoms with van der Waals surface area (Å²) in [5.74, 6) is 0.710. The predicted octanol–water partition coefficient (Wildman–Crippen LogP) is 1.27. The maximum atomic E-state index is 5.83. The van der Waals surface area contributed by atoms with Gasteiger partial charge in [-0.05, 0) is 38.1 Å². The van der Waals surface area contributed by atoms with Crippen LogP contribution in [-0.4, -0.2) is 31.8 Å². The number of hydrogen-bond acceptors (Lipinski definition) is 3. The number of ether oxygens (including phenoxy) is 1. The Kier molecular flexibility index (Phi) is 4.42. The number of nitrogens with one attached hydrogen (secondary N) is 1. The molecule has 1 aliphatic heterocycles. The first-order chi connectivity index (χ1) is 7.40. The first kappa shape index (κ1) is 11.4. The first-order valence-electron chi connectivity index (χ1n) is 6.44. The fourth-order valence-corrected chi connectivity index (χ4v) is 2.88. The highest BCUT2D eigenvalue weighted by Crippen LogP contribution is 2.24. The molecule has 2 fully saturated rings. The highest BCUT2D eigenvalue weighted by atomic mass is 16.5. The fraction of sp³-hybridized carbons (Fsp3) is 1.00. The van der Waals surface area contributed by atoms with Gasteiger partial charge in [0, 0.05) is 25.3 Å². The van der Waals surface area contributed by atoms with E-state index in [2.05, 4.69) is 5.32 Å². The van der Waals surface area contributed by atoms with Gasteiger partial charge in [0.15, 0.2) is 0 Å². The van der Waals surface area contributed by atoms with Gasteiger partial charge in [0.25, 0.3) is 0 Å². The van der Waals surface area contributed by atoms with Crippen LogP contribution in [0.3, 0.4) is 0 Å². The molecule has 2 aliphatic rings. The molecule has 0 aromatic carbocycles. The summed E-state index contributed by atoms with van der Waals surface area (Å²) in [5, 5.41) is 3.80. The summed E-state index contributed by atoms with van der Waals surface area (Å²) in [6.45, 7) is 2.70. The lowest BCUT2D eigenvalue weighted by Crippen LogP contribution is -2.48. The Morgan fingerprint density at radius 2 is 1.80 bits per heavy atom. The van der Waals surface area contributed by atoms with Crippen molar-refractivity contribution in [3.8, 4) is 0 Å². The molecule has 3 heteroatoms. The van der Waals surface area contributed by atoms with E-state index < -0.39 is 0 Å². The average molecular weight is 212 g/mol. The Labute approximate surface area is 92.7 Å². The molecule has 2 unspecified atom stereocenters. The lowest BCUT2D eigenvalue weighted by atomic mass is 9.84. The van der Waals surface area contributed by atoms with Gasteiger partial charge in [-0.25, -0.2) is 0 Å². The molecule has 0 radical (unpaired) electrons. The second-order valence-electron chi connectivity index (χ2n) is 4.94. The van der Waals surface area contributed by atoms with Crippen LogP contribution in [0, 0.1) is 5.92 Å². The molecular formula is C12H24N2O. The molecule has 3 nitrogen and oxygen atoms in total. The normalized spacial score (nSPS) is 34.2. The van der Waals surface area contributed by atoms with Crippen LogP contribution in [0.25, 0.3) is 0 Å². The van der Waals surface area contributed by atoms with Crippen LogP contribution < -0.4 is 11.1 Å². The topological polar surface area (TPSA) is 47.3 Å². The molecule has 1 saturated heterocycles. The quantitative estimate of drug-likeness (QED) is 0.740. The monoisotopic (exact) mass is 212 g/mol. The minimum Gasteiger partial charge on any atom is -0.381 e. The van der Waals surface area contributed by atoms with Crippen LogP contribution >= 0.6 is 0 Å². The van der Waals surface area contributed by atoms with E-state index in [4.69, 9.17) is 10.5 Å².